The Morgan fingerprint density at radius 3 is 2.44 bits per heavy atom. The quantitative estimate of drug-likeness (QED) is 0.182. The Morgan fingerprint density at radius 2 is 1.75 bits per heavy atom. The average Bonchev–Trinajstić information content (AvgIpc) is 3.15. The van der Waals surface area contributed by atoms with Crippen LogP contribution in [0.2, 0.25) is 0 Å². The van der Waals surface area contributed by atoms with E-state index in [1.807, 2.05) is 30.3 Å². The summed E-state index contributed by atoms with van der Waals surface area (Å²) >= 11 is 1.30. The number of carbonyl (C=O) groups is 2. The van der Waals surface area contributed by atoms with E-state index in [0.29, 0.717) is 39.5 Å². The minimum absolute atomic E-state index is 0.233. The van der Waals surface area contributed by atoms with Crippen molar-refractivity contribution in [3.63, 3.8) is 0 Å². The zero-order valence-corrected chi connectivity index (χ0v) is 18.2. The third kappa shape index (κ3) is 4.31. The Labute approximate surface area is 188 Å². The van der Waals surface area contributed by atoms with Crippen molar-refractivity contribution in [3.8, 4) is 17.2 Å². The van der Waals surface area contributed by atoms with Gasteiger partial charge in [-0.3, -0.25) is 9.59 Å². The number of methoxy groups -OCH3 is 1. The standard InChI is InChI=1S/C26H19FO4S/c1-16-14-18(27)7-11-21(16)24(29)26-25(22-12-10-20(30-2)15-23(22)32-26)31-19-8-5-17(6-9-19)4-3-13-28/h3-15H,1-2H3/b4-3+. The largest absolute Gasteiger partial charge is 0.497 e. The summed E-state index contributed by atoms with van der Waals surface area (Å²) in [6.07, 6.45) is 3.82. The van der Waals surface area contributed by atoms with Crippen LogP contribution in [0.5, 0.6) is 17.2 Å². The Hall–Kier alpha value is -3.77. The molecule has 4 nitrogen and oxygen atoms in total. The van der Waals surface area contributed by atoms with E-state index < -0.39 is 0 Å². The maximum Gasteiger partial charge on any atom is 0.207 e. The number of hydrogen-bond acceptors (Lipinski definition) is 5. The Bertz CT molecular complexity index is 1340. The Balaban J connectivity index is 1.79. The minimum Gasteiger partial charge on any atom is -0.497 e. The van der Waals surface area contributed by atoms with Crippen LogP contribution >= 0.6 is 11.3 Å². The molecule has 0 amide bonds. The molecule has 160 valence electrons. The minimum atomic E-state index is -0.389. The van der Waals surface area contributed by atoms with Gasteiger partial charge >= 0.3 is 0 Å². The summed E-state index contributed by atoms with van der Waals surface area (Å²) in [5.74, 6) is 1.04. The average molecular weight is 446 g/mol. The van der Waals surface area contributed by atoms with Crippen molar-refractivity contribution in [2.24, 2.45) is 0 Å². The molecule has 0 radical (unpaired) electrons. The zero-order chi connectivity index (χ0) is 22.7. The number of halogens is 1. The highest BCUT2D eigenvalue weighted by Gasteiger charge is 2.23. The summed E-state index contributed by atoms with van der Waals surface area (Å²) in [6.45, 7) is 1.71. The van der Waals surface area contributed by atoms with Crippen LogP contribution in [0, 0.1) is 12.7 Å². The number of thiophene rings is 1. The van der Waals surface area contributed by atoms with Gasteiger partial charge in [0.05, 0.1) is 7.11 Å². The van der Waals surface area contributed by atoms with Gasteiger partial charge in [0, 0.05) is 15.6 Å². The molecule has 0 fully saturated rings. The van der Waals surface area contributed by atoms with Gasteiger partial charge in [-0.2, -0.15) is 0 Å². The van der Waals surface area contributed by atoms with Gasteiger partial charge in [-0.05, 0) is 72.7 Å². The molecule has 0 bridgehead atoms. The van der Waals surface area contributed by atoms with E-state index in [0.717, 1.165) is 15.6 Å². The van der Waals surface area contributed by atoms with Gasteiger partial charge in [0.2, 0.25) is 5.78 Å². The van der Waals surface area contributed by atoms with E-state index in [-0.39, 0.29) is 11.6 Å². The van der Waals surface area contributed by atoms with Crippen LogP contribution in [0.3, 0.4) is 0 Å². The molecule has 32 heavy (non-hydrogen) atoms. The monoisotopic (exact) mass is 446 g/mol. The molecule has 0 aliphatic heterocycles. The first kappa shape index (κ1) is 21.5. The summed E-state index contributed by atoms with van der Waals surface area (Å²) in [4.78, 5) is 24.4. The molecule has 3 aromatic carbocycles. The van der Waals surface area contributed by atoms with E-state index >= 15 is 0 Å². The molecule has 1 heterocycles. The van der Waals surface area contributed by atoms with Crippen LogP contribution in [-0.2, 0) is 4.79 Å². The second kappa shape index (κ2) is 9.16. The predicted octanol–water partition coefficient (Wildman–Crippen LogP) is 6.59. The molecule has 0 atom stereocenters. The first-order valence-electron chi connectivity index (χ1n) is 9.81. The van der Waals surface area contributed by atoms with E-state index in [2.05, 4.69) is 0 Å². The van der Waals surface area contributed by atoms with Gasteiger partial charge in [0.1, 0.15) is 28.5 Å². The number of fused-ring (bicyclic) bond motifs is 1. The number of benzene rings is 3. The molecule has 4 rings (SSSR count). The molecule has 0 spiro atoms. The fourth-order valence-electron chi connectivity index (χ4n) is 3.35. The van der Waals surface area contributed by atoms with E-state index in [9.17, 15) is 14.0 Å². The first-order valence-corrected chi connectivity index (χ1v) is 10.6. The van der Waals surface area contributed by atoms with E-state index in [4.69, 9.17) is 9.47 Å². The van der Waals surface area contributed by atoms with Crippen molar-refractivity contribution in [2.75, 3.05) is 7.11 Å². The first-order chi connectivity index (χ1) is 15.5. The highest BCUT2D eigenvalue weighted by atomic mass is 32.1. The van der Waals surface area contributed by atoms with Crippen molar-refractivity contribution in [1.82, 2.24) is 0 Å². The van der Waals surface area contributed by atoms with Crippen LogP contribution in [0.4, 0.5) is 4.39 Å². The number of allylic oxidation sites excluding steroid dienone is 1. The number of carbonyl (C=O) groups excluding carboxylic acids is 2. The highest BCUT2D eigenvalue weighted by molar-refractivity contribution is 7.21. The summed E-state index contributed by atoms with van der Waals surface area (Å²) in [6, 6.07) is 16.8. The summed E-state index contributed by atoms with van der Waals surface area (Å²) in [5, 5.41) is 0.781. The number of aryl methyl sites for hydroxylation is 1. The third-order valence-corrected chi connectivity index (χ3v) is 6.09. The fraction of sp³-hybridized carbons (Fsp3) is 0.0769. The normalized spacial score (nSPS) is 11.1. The van der Waals surface area contributed by atoms with Crippen molar-refractivity contribution < 1.29 is 23.5 Å². The Kier molecular flexibility index (Phi) is 6.14. The van der Waals surface area contributed by atoms with E-state index in [1.54, 1.807) is 32.2 Å². The number of ketones is 1. The second-order valence-electron chi connectivity index (χ2n) is 7.08. The van der Waals surface area contributed by atoms with E-state index in [1.165, 1.54) is 35.6 Å². The van der Waals surface area contributed by atoms with Gasteiger partial charge in [-0.15, -0.1) is 11.3 Å². The van der Waals surface area contributed by atoms with Crippen molar-refractivity contribution in [1.29, 1.82) is 0 Å². The van der Waals surface area contributed by atoms with Crippen LogP contribution in [-0.4, -0.2) is 19.2 Å². The molecule has 0 saturated heterocycles. The van der Waals surface area contributed by atoms with Crippen LogP contribution in [0.1, 0.15) is 26.4 Å². The maximum atomic E-state index is 13.6. The van der Waals surface area contributed by atoms with Gasteiger partial charge in [-0.25, -0.2) is 4.39 Å². The third-order valence-electron chi connectivity index (χ3n) is 4.96. The molecular formula is C26H19FO4S. The predicted molar refractivity (Wildman–Crippen MR) is 125 cm³/mol. The fourth-order valence-corrected chi connectivity index (χ4v) is 4.46. The smallest absolute Gasteiger partial charge is 0.207 e. The lowest BCUT2D eigenvalue weighted by atomic mass is 10.0. The van der Waals surface area contributed by atoms with Gasteiger partial charge in [0.25, 0.3) is 0 Å². The lowest BCUT2D eigenvalue weighted by molar-refractivity contribution is -0.104. The molecular weight excluding hydrogens is 427 g/mol. The summed E-state index contributed by atoms with van der Waals surface area (Å²) < 4.78 is 25.9. The maximum absolute atomic E-state index is 13.6. The lowest BCUT2D eigenvalue weighted by Gasteiger charge is -2.09. The molecule has 0 aliphatic rings. The molecule has 0 saturated carbocycles. The second-order valence-corrected chi connectivity index (χ2v) is 8.13. The van der Waals surface area contributed by atoms with Crippen molar-refractivity contribution >= 4 is 39.6 Å². The number of ether oxygens (including phenoxy) is 2. The SMILES string of the molecule is COc1ccc2c(Oc3ccc(/C=C/C=O)cc3)c(C(=O)c3ccc(F)cc3C)sc2c1. The molecule has 0 N–H and O–H groups in total. The molecule has 4 aromatic rings. The number of rotatable bonds is 7. The van der Waals surface area contributed by atoms with Crippen LogP contribution in [0.15, 0.2) is 66.7 Å². The molecule has 6 heteroatoms. The molecule has 1 aromatic heterocycles. The van der Waals surface area contributed by atoms with Gasteiger partial charge in [-0.1, -0.05) is 18.2 Å². The van der Waals surface area contributed by atoms with Gasteiger partial charge in [0.15, 0.2) is 5.75 Å². The van der Waals surface area contributed by atoms with Crippen LogP contribution in [0.25, 0.3) is 16.2 Å². The number of aldehydes is 1. The molecule has 0 unspecified atom stereocenters. The molecule has 0 aliphatic carbocycles. The highest BCUT2D eigenvalue weighted by Crippen LogP contribution is 2.43. The Morgan fingerprint density at radius 1 is 1.00 bits per heavy atom. The topological polar surface area (TPSA) is 52.6 Å². The number of hydrogen-bond donors (Lipinski definition) is 0. The van der Waals surface area contributed by atoms with Gasteiger partial charge < -0.3 is 9.47 Å². The lowest BCUT2D eigenvalue weighted by Crippen LogP contribution is -2.03. The van der Waals surface area contributed by atoms with Crippen LogP contribution < -0.4 is 9.47 Å². The summed E-state index contributed by atoms with van der Waals surface area (Å²) in [5.41, 5.74) is 1.83. The van der Waals surface area contributed by atoms with Crippen molar-refractivity contribution in [2.45, 2.75) is 6.92 Å². The zero-order valence-electron chi connectivity index (χ0n) is 17.4. The van der Waals surface area contributed by atoms with Crippen molar-refractivity contribution in [3.05, 3.63) is 94.1 Å². The summed E-state index contributed by atoms with van der Waals surface area (Å²) in [7, 11) is 1.58.